The van der Waals surface area contributed by atoms with Crippen molar-refractivity contribution in [3.8, 4) is 11.3 Å². The summed E-state index contributed by atoms with van der Waals surface area (Å²) in [7, 11) is 0. The first kappa shape index (κ1) is 25.0. The van der Waals surface area contributed by atoms with E-state index >= 15 is 0 Å². The minimum Gasteiger partial charge on any atom is -0.443 e. The first-order chi connectivity index (χ1) is 15.8. The van der Waals surface area contributed by atoms with Gasteiger partial charge in [0.05, 0.1) is 23.3 Å². The lowest BCUT2D eigenvalue weighted by Crippen LogP contribution is -2.44. The van der Waals surface area contributed by atoms with Crippen LogP contribution in [0.2, 0.25) is 0 Å². The minimum atomic E-state index is -0.853. The highest BCUT2D eigenvalue weighted by Crippen LogP contribution is 2.32. The van der Waals surface area contributed by atoms with Crippen LogP contribution in [-0.2, 0) is 16.0 Å². The maximum absolute atomic E-state index is 13.1. The third kappa shape index (κ3) is 5.85. The normalized spacial score (nSPS) is 11.9. The third-order valence-electron chi connectivity index (χ3n) is 4.73. The molecule has 3 rings (SSSR count). The number of nitrogens with two attached hydrogens (primary N) is 1. The molecule has 2 amide bonds. The van der Waals surface area contributed by atoms with Crippen LogP contribution >= 0.6 is 0 Å². The Bertz CT molecular complexity index is 1200. The molecule has 0 aromatic carbocycles. The van der Waals surface area contributed by atoms with Crippen LogP contribution in [0.5, 0.6) is 0 Å². The standard InChI is InChI=1S/C25H31N5O4/c1-15-19(20-9-16-8-18(10-26)28-11-17(16)12-29-20)13-27-14-21(15)30(22(31)33-24(2,3)4)23(32)34-25(5,6)7/h8-9,11-14H,10,26H2,1-7H3. The van der Waals surface area contributed by atoms with Crippen LogP contribution in [0.3, 0.4) is 0 Å². The van der Waals surface area contributed by atoms with Crippen LogP contribution < -0.4 is 10.6 Å². The van der Waals surface area contributed by atoms with Crippen molar-refractivity contribution in [2.24, 2.45) is 5.73 Å². The summed E-state index contributed by atoms with van der Waals surface area (Å²) in [5.41, 5.74) is 7.01. The van der Waals surface area contributed by atoms with E-state index in [1.54, 1.807) is 67.1 Å². The number of hydrogen-bond donors (Lipinski definition) is 1. The maximum atomic E-state index is 13.1. The van der Waals surface area contributed by atoms with Crippen LogP contribution in [0.25, 0.3) is 22.0 Å². The minimum absolute atomic E-state index is 0.250. The first-order valence-electron chi connectivity index (χ1n) is 10.9. The summed E-state index contributed by atoms with van der Waals surface area (Å²) in [5.74, 6) is 0. The van der Waals surface area contributed by atoms with Crippen molar-refractivity contribution < 1.29 is 19.1 Å². The summed E-state index contributed by atoms with van der Waals surface area (Å²) >= 11 is 0. The van der Waals surface area contributed by atoms with E-state index in [4.69, 9.17) is 15.2 Å². The van der Waals surface area contributed by atoms with Gasteiger partial charge in [-0.3, -0.25) is 15.0 Å². The average molecular weight is 466 g/mol. The molecule has 0 spiro atoms. The molecule has 0 aliphatic carbocycles. The highest BCUT2D eigenvalue weighted by atomic mass is 16.6. The van der Waals surface area contributed by atoms with Crippen molar-refractivity contribution in [1.82, 2.24) is 15.0 Å². The zero-order valence-corrected chi connectivity index (χ0v) is 20.7. The van der Waals surface area contributed by atoms with Crippen molar-refractivity contribution in [1.29, 1.82) is 0 Å². The second-order valence-electron chi connectivity index (χ2n) is 9.92. The fourth-order valence-electron chi connectivity index (χ4n) is 3.23. The van der Waals surface area contributed by atoms with Gasteiger partial charge in [-0.1, -0.05) is 0 Å². The van der Waals surface area contributed by atoms with Gasteiger partial charge in [-0.25, -0.2) is 9.59 Å². The Balaban J connectivity index is 2.11. The Morgan fingerprint density at radius 1 is 0.882 bits per heavy atom. The van der Waals surface area contributed by atoms with Crippen LogP contribution in [0.15, 0.2) is 36.9 Å². The van der Waals surface area contributed by atoms with E-state index in [9.17, 15) is 9.59 Å². The van der Waals surface area contributed by atoms with Crippen molar-refractivity contribution in [3.05, 3.63) is 48.2 Å². The van der Waals surface area contributed by atoms with Gasteiger partial charge in [0.15, 0.2) is 0 Å². The lowest BCUT2D eigenvalue weighted by atomic mass is 10.0. The molecule has 0 aliphatic rings. The molecule has 0 fully saturated rings. The molecule has 0 saturated heterocycles. The zero-order chi connectivity index (χ0) is 25.3. The van der Waals surface area contributed by atoms with Gasteiger partial charge >= 0.3 is 12.2 Å². The SMILES string of the molecule is Cc1c(-c2cc3cc(CN)ncc3cn2)cncc1N(C(=O)OC(C)(C)C)C(=O)OC(C)(C)C. The highest BCUT2D eigenvalue weighted by Gasteiger charge is 2.34. The van der Waals surface area contributed by atoms with Crippen LogP contribution in [0, 0.1) is 6.92 Å². The van der Waals surface area contributed by atoms with Crippen molar-refractivity contribution in [3.63, 3.8) is 0 Å². The number of nitrogens with zero attached hydrogens (tertiary/aromatic N) is 4. The Morgan fingerprint density at radius 2 is 1.47 bits per heavy atom. The van der Waals surface area contributed by atoms with E-state index in [-0.39, 0.29) is 5.69 Å². The van der Waals surface area contributed by atoms with E-state index in [0.717, 1.165) is 21.4 Å². The topological polar surface area (TPSA) is 121 Å². The van der Waals surface area contributed by atoms with E-state index in [2.05, 4.69) is 15.0 Å². The predicted octanol–water partition coefficient (Wildman–Crippen LogP) is 5.14. The number of carbonyl (C=O) groups is 2. The zero-order valence-electron chi connectivity index (χ0n) is 20.7. The molecule has 3 aromatic rings. The molecule has 34 heavy (non-hydrogen) atoms. The van der Waals surface area contributed by atoms with Crippen LogP contribution in [0.4, 0.5) is 15.3 Å². The quantitative estimate of drug-likeness (QED) is 0.565. The molecular weight excluding hydrogens is 434 g/mol. The molecule has 2 N–H and O–H groups in total. The Hall–Kier alpha value is -3.59. The van der Waals surface area contributed by atoms with Crippen LogP contribution in [-0.4, -0.2) is 38.3 Å². The van der Waals surface area contributed by atoms with Crippen molar-refractivity contribution in [2.75, 3.05) is 4.90 Å². The number of imide groups is 1. The molecule has 180 valence electrons. The fourth-order valence-corrected chi connectivity index (χ4v) is 3.23. The first-order valence-corrected chi connectivity index (χ1v) is 10.9. The Labute approximate surface area is 199 Å². The summed E-state index contributed by atoms with van der Waals surface area (Å²) in [6.45, 7) is 12.5. The van der Waals surface area contributed by atoms with E-state index in [0.29, 0.717) is 23.4 Å². The fraction of sp³-hybridized carbons (Fsp3) is 0.400. The molecule has 3 heterocycles. The van der Waals surface area contributed by atoms with E-state index in [1.807, 2.05) is 12.1 Å². The number of fused-ring (bicyclic) bond motifs is 1. The molecule has 0 atom stereocenters. The maximum Gasteiger partial charge on any atom is 0.424 e. The Kier molecular flexibility index (Phi) is 6.88. The van der Waals surface area contributed by atoms with E-state index in [1.165, 1.54) is 6.20 Å². The number of pyridine rings is 3. The molecule has 0 saturated carbocycles. The lowest BCUT2D eigenvalue weighted by molar-refractivity contribution is 0.0430. The number of ether oxygens (including phenoxy) is 2. The van der Waals surface area contributed by atoms with Crippen molar-refractivity contribution in [2.45, 2.75) is 66.2 Å². The predicted molar refractivity (Wildman–Crippen MR) is 130 cm³/mol. The lowest BCUT2D eigenvalue weighted by Gasteiger charge is -2.29. The molecule has 0 radical (unpaired) electrons. The van der Waals surface area contributed by atoms with Crippen LogP contribution in [0.1, 0.15) is 52.8 Å². The number of rotatable bonds is 3. The second kappa shape index (κ2) is 9.34. The van der Waals surface area contributed by atoms with Gasteiger partial charge in [0.2, 0.25) is 0 Å². The molecular formula is C25H31N5O4. The smallest absolute Gasteiger partial charge is 0.424 e. The average Bonchev–Trinajstić information content (AvgIpc) is 2.71. The number of aromatic nitrogens is 3. The molecule has 0 unspecified atom stereocenters. The van der Waals surface area contributed by atoms with Gasteiger partial charge in [0.1, 0.15) is 11.2 Å². The van der Waals surface area contributed by atoms with E-state index < -0.39 is 23.4 Å². The third-order valence-corrected chi connectivity index (χ3v) is 4.73. The summed E-state index contributed by atoms with van der Waals surface area (Å²) in [6, 6.07) is 3.80. The van der Waals surface area contributed by atoms with Gasteiger partial charge in [-0.2, -0.15) is 4.90 Å². The van der Waals surface area contributed by atoms with Gasteiger partial charge in [0.25, 0.3) is 0 Å². The highest BCUT2D eigenvalue weighted by molar-refractivity contribution is 6.10. The molecule has 9 heteroatoms. The van der Waals surface area contributed by atoms with Crippen molar-refractivity contribution >= 4 is 28.6 Å². The number of anilines is 1. The summed E-state index contributed by atoms with van der Waals surface area (Å²) in [4.78, 5) is 40.1. The monoisotopic (exact) mass is 465 g/mol. The number of carbonyl (C=O) groups excluding carboxylic acids is 2. The summed E-state index contributed by atoms with van der Waals surface area (Å²) in [6.07, 6.45) is 4.80. The van der Waals surface area contributed by atoms with Gasteiger partial charge in [-0.05, 0) is 71.5 Å². The molecule has 0 aliphatic heterocycles. The van der Waals surface area contributed by atoms with Gasteiger partial charge < -0.3 is 15.2 Å². The summed E-state index contributed by atoms with van der Waals surface area (Å²) < 4.78 is 11.0. The number of hydrogen-bond acceptors (Lipinski definition) is 8. The number of amides is 2. The molecule has 3 aromatic heterocycles. The molecule has 9 nitrogen and oxygen atoms in total. The summed E-state index contributed by atoms with van der Waals surface area (Å²) in [5, 5.41) is 1.79. The second-order valence-corrected chi connectivity index (χ2v) is 9.92. The molecule has 0 bridgehead atoms. The largest absolute Gasteiger partial charge is 0.443 e. The van der Waals surface area contributed by atoms with Gasteiger partial charge in [0, 0.05) is 36.1 Å². The Morgan fingerprint density at radius 3 is 2.03 bits per heavy atom. The van der Waals surface area contributed by atoms with Gasteiger partial charge in [-0.15, -0.1) is 0 Å².